The molecule has 14 heavy (non-hydrogen) atoms. The molecular weight excluding hydrogens is 200 g/mol. The van der Waals surface area contributed by atoms with E-state index in [1.807, 2.05) is 31.6 Å². The molecule has 1 heterocycles. The van der Waals surface area contributed by atoms with Crippen molar-refractivity contribution in [3.63, 3.8) is 0 Å². The summed E-state index contributed by atoms with van der Waals surface area (Å²) in [4.78, 5) is 0. The smallest absolute Gasteiger partial charge is 0.0669 e. The molecule has 0 aromatic carbocycles. The molecule has 0 N–H and O–H groups in total. The summed E-state index contributed by atoms with van der Waals surface area (Å²) in [6, 6.07) is 0. The first-order valence-corrected chi connectivity index (χ1v) is 5.26. The summed E-state index contributed by atoms with van der Waals surface area (Å²) in [5.41, 5.74) is 0.963. The summed E-state index contributed by atoms with van der Waals surface area (Å²) < 4.78 is 7.43. The molecule has 0 aliphatic heterocycles. The highest BCUT2D eigenvalue weighted by atomic mass is 35.5. The van der Waals surface area contributed by atoms with Crippen LogP contribution in [0.3, 0.4) is 0 Å². The molecule has 4 heteroatoms. The zero-order chi connectivity index (χ0) is 10.6. The Balaban J connectivity index is 2.31. The molecular formula is C10H17ClN2O. The van der Waals surface area contributed by atoms with Gasteiger partial charge in [0, 0.05) is 11.8 Å². The molecule has 0 unspecified atom stereocenters. The van der Waals surface area contributed by atoms with Gasteiger partial charge in [-0.05, 0) is 20.8 Å². The average molecular weight is 217 g/mol. The molecule has 3 nitrogen and oxygen atoms in total. The van der Waals surface area contributed by atoms with Crippen LogP contribution in [0.1, 0.15) is 26.3 Å². The Morgan fingerprint density at radius 1 is 1.50 bits per heavy atom. The van der Waals surface area contributed by atoms with Gasteiger partial charge in [-0.25, -0.2) is 0 Å². The second kappa shape index (κ2) is 4.80. The number of aromatic nitrogens is 2. The first-order valence-electron chi connectivity index (χ1n) is 4.72. The van der Waals surface area contributed by atoms with Gasteiger partial charge in [-0.1, -0.05) is 0 Å². The van der Waals surface area contributed by atoms with E-state index in [-0.39, 0.29) is 5.60 Å². The van der Waals surface area contributed by atoms with E-state index >= 15 is 0 Å². The zero-order valence-electron chi connectivity index (χ0n) is 8.96. The van der Waals surface area contributed by atoms with Gasteiger partial charge in [-0.15, -0.1) is 11.6 Å². The van der Waals surface area contributed by atoms with Crippen molar-refractivity contribution in [3.05, 3.63) is 18.0 Å². The third-order valence-corrected chi connectivity index (χ3v) is 2.01. The maximum Gasteiger partial charge on any atom is 0.0669 e. The van der Waals surface area contributed by atoms with Gasteiger partial charge >= 0.3 is 0 Å². The fraction of sp³-hybridized carbons (Fsp3) is 0.700. The summed E-state index contributed by atoms with van der Waals surface area (Å²) in [5.74, 6) is 0.514. The number of ether oxygens (including phenoxy) is 1. The Bertz CT molecular complexity index is 278. The molecule has 0 fully saturated rings. The first kappa shape index (κ1) is 11.5. The molecule has 0 atom stereocenters. The van der Waals surface area contributed by atoms with Gasteiger partial charge in [0.1, 0.15) is 0 Å². The van der Waals surface area contributed by atoms with Crippen LogP contribution in [-0.2, 0) is 17.2 Å². The Labute approximate surface area is 90.0 Å². The Morgan fingerprint density at radius 3 is 2.71 bits per heavy atom. The van der Waals surface area contributed by atoms with Crippen LogP contribution in [0.25, 0.3) is 0 Å². The number of alkyl halides is 1. The van der Waals surface area contributed by atoms with E-state index in [1.54, 1.807) is 6.20 Å². The molecule has 0 amide bonds. The van der Waals surface area contributed by atoms with Crippen molar-refractivity contribution in [2.24, 2.45) is 0 Å². The fourth-order valence-corrected chi connectivity index (χ4v) is 1.18. The third kappa shape index (κ3) is 4.11. The van der Waals surface area contributed by atoms with Crippen molar-refractivity contribution >= 4 is 11.6 Å². The van der Waals surface area contributed by atoms with Crippen molar-refractivity contribution in [2.75, 3.05) is 6.61 Å². The molecule has 0 aliphatic rings. The van der Waals surface area contributed by atoms with Crippen LogP contribution in [0.2, 0.25) is 0 Å². The van der Waals surface area contributed by atoms with Gasteiger partial charge in [-0.2, -0.15) is 5.10 Å². The van der Waals surface area contributed by atoms with Gasteiger partial charge in [0.2, 0.25) is 0 Å². The molecule has 1 aromatic rings. The highest BCUT2D eigenvalue weighted by molar-refractivity contribution is 6.17. The van der Waals surface area contributed by atoms with Crippen LogP contribution >= 0.6 is 11.6 Å². The Morgan fingerprint density at radius 2 is 2.21 bits per heavy atom. The maximum absolute atomic E-state index is 5.66. The second-order valence-corrected chi connectivity index (χ2v) is 4.47. The monoisotopic (exact) mass is 216 g/mol. The quantitative estimate of drug-likeness (QED) is 0.723. The molecule has 1 rings (SSSR count). The number of hydrogen-bond donors (Lipinski definition) is 0. The normalized spacial score (nSPS) is 12.0. The third-order valence-electron chi connectivity index (χ3n) is 1.70. The van der Waals surface area contributed by atoms with E-state index in [1.165, 1.54) is 0 Å². The van der Waals surface area contributed by atoms with Gasteiger partial charge < -0.3 is 4.74 Å². The molecule has 1 aromatic heterocycles. The lowest BCUT2D eigenvalue weighted by atomic mass is 10.2. The number of hydrogen-bond acceptors (Lipinski definition) is 2. The van der Waals surface area contributed by atoms with Gasteiger partial charge in [0.05, 0.1) is 30.8 Å². The molecule has 0 saturated heterocycles. The second-order valence-electron chi connectivity index (χ2n) is 4.21. The van der Waals surface area contributed by atoms with Crippen molar-refractivity contribution in [2.45, 2.75) is 38.8 Å². The van der Waals surface area contributed by atoms with Gasteiger partial charge in [0.15, 0.2) is 0 Å². The van der Waals surface area contributed by atoms with E-state index < -0.39 is 0 Å². The van der Waals surface area contributed by atoms with Crippen LogP contribution < -0.4 is 0 Å². The first-order chi connectivity index (χ1) is 6.51. The average Bonchev–Trinajstić information content (AvgIpc) is 2.50. The van der Waals surface area contributed by atoms with E-state index in [2.05, 4.69) is 5.10 Å². The number of halogens is 1. The van der Waals surface area contributed by atoms with Crippen molar-refractivity contribution < 1.29 is 4.74 Å². The summed E-state index contributed by atoms with van der Waals surface area (Å²) >= 11 is 5.66. The highest BCUT2D eigenvalue weighted by Gasteiger charge is 2.09. The lowest BCUT2D eigenvalue weighted by Gasteiger charge is -2.19. The molecule has 0 saturated carbocycles. The largest absolute Gasteiger partial charge is 0.374 e. The minimum atomic E-state index is -0.0809. The predicted molar refractivity (Wildman–Crippen MR) is 57.5 cm³/mol. The van der Waals surface area contributed by atoms with Crippen molar-refractivity contribution in [3.8, 4) is 0 Å². The minimum absolute atomic E-state index is 0.0809. The topological polar surface area (TPSA) is 27.1 Å². The molecule has 0 radical (unpaired) electrons. The standard InChI is InChI=1S/C10H17ClN2O/c1-10(2,3)14-5-4-13-8-9(6-11)7-12-13/h7-8H,4-6H2,1-3H3. The fourth-order valence-electron chi connectivity index (χ4n) is 1.04. The summed E-state index contributed by atoms with van der Waals surface area (Å²) in [7, 11) is 0. The van der Waals surface area contributed by atoms with Crippen LogP contribution in [0, 0.1) is 0 Å². The Hall–Kier alpha value is -0.540. The van der Waals surface area contributed by atoms with E-state index in [0.29, 0.717) is 12.5 Å². The molecule has 0 spiro atoms. The summed E-state index contributed by atoms with van der Waals surface area (Å²) in [6.45, 7) is 7.57. The Kier molecular flexibility index (Phi) is 3.96. The van der Waals surface area contributed by atoms with Crippen LogP contribution in [0.5, 0.6) is 0 Å². The van der Waals surface area contributed by atoms with E-state index in [4.69, 9.17) is 16.3 Å². The highest BCUT2D eigenvalue weighted by Crippen LogP contribution is 2.07. The molecule has 0 bridgehead atoms. The van der Waals surface area contributed by atoms with Crippen LogP contribution in [0.4, 0.5) is 0 Å². The van der Waals surface area contributed by atoms with Crippen molar-refractivity contribution in [1.29, 1.82) is 0 Å². The van der Waals surface area contributed by atoms with Crippen LogP contribution in [0.15, 0.2) is 12.4 Å². The SMILES string of the molecule is CC(C)(C)OCCn1cc(CCl)cn1. The lowest BCUT2D eigenvalue weighted by molar-refractivity contribution is -0.00789. The van der Waals surface area contributed by atoms with Gasteiger partial charge in [0.25, 0.3) is 0 Å². The summed E-state index contributed by atoms with van der Waals surface area (Å²) in [6.07, 6.45) is 3.73. The number of rotatable bonds is 4. The maximum atomic E-state index is 5.66. The van der Waals surface area contributed by atoms with Crippen molar-refractivity contribution in [1.82, 2.24) is 9.78 Å². The minimum Gasteiger partial charge on any atom is -0.374 e. The van der Waals surface area contributed by atoms with Crippen LogP contribution in [-0.4, -0.2) is 22.0 Å². The lowest BCUT2D eigenvalue weighted by Crippen LogP contribution is -2.22. The predicted octanol–water partition coefficient (Wildman–Crippen LogP) is 2.44. The zero-order valence-corrected chi connectivity index (χ0v) is 9.71. The number of nitrogens with zero attached hydrogens (tertiary/aromatic N) is 2. The summed E-state index contributed by atoms with van der Waals surface area (Å²) in [5, 5.41) is 4.16. The van der Waals surface area contributed by atoms with Gasteiger partial charge in [-0.3, -0.25) is 4.68 Å². The van der Waals surface area contributed by atoms with E-state index in [9.17, 15) is 0 Å². The molecule has 80 valence electrons. The molecule has 0 aliphatic carbocycles. The van der Waals surface area contributed by atoms with E-state index in [0.717, 1.165) is 12.1 Å².